The van der Waals surface area contributed by atoms with Gasteiger partial charge in [0.2, 0.25) is 0 Å². The maximum Gasteiger partial charge on any atom is 0.340 e. The van der Waals surface area contributed by atoms with Crippen molar-refractivity contribution in [2.75, 3.05) is 11.9 Å². The molecule has 0 amide bonds. The number of H-pyrrole nitrogens is 1. The Morgan fingerprint density at radius 2 is 2.00 bits per heavy atom. The Bertz CT molecular complexity index is 793. The van der Waals surface area contributed by atoms with E-state index < -0.39 is 13.3 Å². The maximum absolute atomic E-state index is 13.4. The molecule has 2 heterocycles. The summed E-state index contributed by atoms with van der Waals surface area (Å²) in [5.74, 6) is 0.801. The zero-order chi connectivity index (χ0) is 18.2. The van der Waals surface area contributed by atoms with Crippen LogP contribution >= 0.6 is 7.60 Å². The Hall–Kier alpha value is -1.82. The second-order valence-electron chi connectivity index (χ2n) is 6.49. The van der Waals surface area contributed by atoms with Crippen molar-refractivity contribution in [2.24, 2.45) is 0 Å². The van der Waals surface area contributed by atoms with Gasteiger partial charge in [0.15, 0.2) is 5.95 Å². The number of aromatic amines is 1. The molecule has 0 saturated carbocycles. The summed E-state index contributed by atoms with van der Waals surface area (Å²) in [5.41, 5.74) is 1.85. The van der Waals surface area contributed by atoms with E-state index in [1.54, 1.807) is 25.3 Å². The fourth-order valence-corrected chi connectivity index (χ4v) is 5.26. The molecular formula is C17H24N3O4P. The van der Waals surface area contributed by atoms with Gasteiger partial charge in [0.05, 0.1) is 17.9 Å². The molecule has 3 N–H and O–H groups in total. The number of phenols is 1. The molecule has 1 fully saturated rings. The number of hydrogen-bond acceptors (Lipinski definition) is 6. The van der Waals surface area contributed by atoms with Crippen molar-refractivity contribution in [3.63, 3.8) is 0 Å². The topological polar surface area (TPSA) is 96.5 Å². The highest BCUT2D eigenvalue weighted by atomic mass is 31.2. The van der Waals surface area contributed by atoms with Crippen LogP contribution in [-0.2, 0) is 13.6 Å². The first kappa shape index (κ1) is 18.0. The number of phenolic OH excluding ortho intramolecular Hbond substituents is 1. The van der Waals surface area contributed by atoms with Crippen molar-refractivity contribution in [1.82, 2.24) is 9.97 Å². The molecule has 1 aromatic carbocycles. The molecule has 0 spiro atoms. The molecule has 1 saturated heterocycles. The first-order valence-corrected chi connectivity index (χ1v) is 9.91. The summed E-state index contributed by atoms with van der Waals surface area (Å²) in [6.07, 6.45) is 1.31. The minimum absolute atomic E-state index is 0.199. The van der Waals surface area contributed by atoms with Crippen molar-refractivity contribution < 1.29 is 18.7 Å². The highest BCUT2D eigenvalue weighted by molar-refractivity contribution is 7.54. The summed E-state index contributed by atoms with van der Waals surface area (Å²) in [6, 6.07) is 5.17. The lowest BCUT2D eigenvalue weighted by molar-refractivity contribution is 0.187. The van der Waals surface area contributed by atoms with Crippen LogP contribution in [0.25, 0.3) is 0 Å². The molecule has 4 atom stereocenters. The van der Waals surface area contributed by atoms with Gasteiger partial charge in [-0.15, -0.1) is 0 Å². The standard InChI is InChI=1S/C17H24N3O4P/c1-10-7-14(5-6-15(10)21)16(9-19-17-18-8-11(2)20-17)25(22)23-12(3)13(4)24-25/h5-8,12-13,16,21H,9H2,1-4H3,(H2,18,19,20)/t12-,13+,16?,25?. The number of aromatic nitrogens is 2. The van der Waals surface area contributed by atoms with Crippen molar-refractivity contribution in [3.05, 3.63) is 41.2 Å². The minimum Gasteiger partial charge on any atom is -0.508 e. The number of nitrogens with zero attached hydrogens (tertiary/aromatic N) is 1. The van der Waals surface area contributed by atoms with Gasteiger partial charge in [0.25, 0.3) is 0 Å². The normalized spacial score (nSPS) is 27.4. The van der Waals surface area contributed by atoms with Crippen LogP contribution in [0.3, 0.4) is 0 Å². The Kier molecular flexibility index (Phi) is 4.91. The number of rotatable bonds is 5. The zero-order valence-electron chi connectivity index (χ0n) is 14.8. The highest BCUT2D eigenvalue weighted by Crippen LogP contribution is 2.66. The first-order chi connectivity index (χ1) is 11.8. The molecule has 2 unspecified atom stereocenters. The monoisotopic (exact) mass is 365 g/mol. The first-order valence-electron chi connectivity index (χ1n) is 8.30. The average Bonchev–Trinajstić information content (AvgIpc) is 3.06. The van der Waals surface area contributed by atoms with E-state index in [0.29, 0.717) is 18.1 Å². The number of imidazole rings is 1. The van der Waals surface area contributed by atoms with Gasteiger partial charge in [-0.2, -0.15) is 0 Å². The number of anilines is 1. The van der Waals surface area contributed by atoms with Crippen LogP contribution in [0, 0.1) is 13.8 Å². The Morgan fingerprint density at radius 3 is 2.56 bits per heavy atom. The van der Waals surface area contributed by atoms with Crippen LogP contribution in [0.15, 0.2) is 24.4 Å². The van der Waals surface area contributed by atoms with Gasteiger partial charge >= 0.3 is 7.60 Å². The van der Waals surface area contributed by atoms with E-state index in [1.807, 2.05) is 26.8 Å². The lowest BCUT2D eigenvalue weighted by Crippen LogP contribution is -2.15. The Balaban J connectivity index is 1.90. The summed E-state index contributed by atoms with van der Waals surface area (Å²) in [6.45, 7) is 7.72. The van der Waals surface area contributed by atoms with Gasteiger partial charge < -0.3 is 24.5 Å². The molecule has 0 bridgehead atoms. The summed E-state index contributed by atoms with van der Waals surface area (Å²) in [7, 11) is -3.37. The number of nitrogens with one attached hydrogen (secondary N) is 2. The van der Waals surface area contributed by atoms with Crippen LogP contribution < -0.4 is 5.32 Å². The highest BCUT2D eigenvalue weighted by Gasteiger charge is 2.46. The molecule has 0 aliphatic carbocycles. The second kappa shape index (κ2) is 6.83. The number of benzene rings is 1. The predicted molar refractivity (Wildman–Crippen MR) is 96.1 cm³/mol. The summed E-state index contributed by atoms with van der Waals surface area (Å²) in [5, 5.41) is 13.0. The van der Waals surface area contributed by atoms with Crippen LogP contribution in [-0.4, -0.2) is 33.8 Å². The Morgan fingerprint density at radius 1 is 1.32 bits per heavy atom. The molecule has 2 aromatic rings. The predicted octanol–water partition coefficient (Wildman–Crippen LogP) is 3.90. The summed E-state index contributed by atoms with van der Waals surface area (Å²) in [4.78, 5) is 7.33. The van der Waals surface area contributed by atoms with E-state index in [0.717, 1.165) is 11.3 Å². The molecule has 25 heavy (non-hydrogen) atoms. The fourth-order valence-electron chi connectivity index (χ4n) is 2.80. The van der Waals surface area contributed by atoms with Crippen LogP contribution in [0.4, 0.5) is 5.95 Å². The summed E-state index contributed by atoms with van der Waals surface area (Å²) < 4.78 is 24.9. The largest absolute Gasteiger partial charge is 0.508 e. The van der Waals surface area contributed by atoms with Gasteiger partial charge in [-0.3, -0.25) is 4.57 Å². The van der Waals surface area contributed by atoms with Crippen molar-refractivity contribution in [3.8, 4) is 5.75 Å². The third kappa shape index (κ3) is 3.73. The molecule has 136 valence electrons. The van der Waals surface area contributed by atoms with Crippen LogP contribution in [0.2, 0.25) is 0 Å². The zero-order valence-corrected chi connectivity index (χ0v) is 15.7. The smallest absolute Gasteiger partial charge is 0.340 e. The third-order valence-corrected chi connectivity index (χ3v) is 6.94. The van der Waals surface area contributed by atoms with Crippen molar-refractivity contribution >= 4 is 13.5 Å². The van der Waals surface area contributed by atoms with Gasteiger partial charge in [-0.25, -0.2) is 4.98 Å². The molecule has 1 aliphatic rings. The van der Waals surface area contributed by atoms with Crippen molar-refractivity contribution in [1.29, 1.82) is 0 Å². The van der Waals surface area contributed by atoms with E-state index in [4.69, 9.17) is 9.05 Å². The molecule has 1 aromatic heterocycles. The summed E-state index contributed by atoms with van der Waals surface area (Å²) >= 11 is 0. The molecule has 8 heteroatoms. The molecule has 1 aliphatic heterocycles. The Labute approximate surface area is 147 Å². The van der Waals surface area contributed by atoms with Gasteiger partial charge in [-0.1, -0.05) is 12.1 Å². The van der Waals surface area contributed by atoms with Crippen molar-refractivity contribution in [2.45, 2.75) is 45.6 Å². The lowest BCUT2D eigenvalue weighted by atomic mass is 10.1. The SMILES string of the molecule is Cc1c[nH]c(NCC(c2ccc(O)c(C)c2)P2(=O)O[C@@H](C)[C@@H](C)O2)n1. The maximum atomic E-state index is 13.4. The van der Waals surface area contributed by atoms with E-state index in [2.05, 4.69) is 15.3 Å². The lowest BCUT2D eigenvalue weighted by Gasteiger charge is -2.23. The number of aromatic hydroxyl groups is 1. The third-order valence-electron chi connectivity index (χ3n) is 4.44. The quantitative estimate of drug-likeness (QED) is 0.696. The number of aryl methyl sites for hydroxylation is 2. The van der Waals surface area contributed by atoms with E-state index in [1.165, 1.54) is 0 Å². The molecule has 3 rings (SSSR count). The molecule has 7 nitrogen and oxygen atoms in total. The van der Waals surface area contributed by atoms with Crippen LogP contribution in [0.5, 0.6) is 5.75 Å². The van der Waals surface area contributed by atoms with Gasteiger partial charge in [0, 0.05) is 12.7 Å². The molecular weight excluding hydrogens is 341 g/mol. The number of hydrogen-bond donors (Lipinski definition) is 3. The molecule has 0 radical (unpaired) electrons. The van der Waals surface area contributed by atoms with E-state index >= 15 is 0 Å². The fraction of sp³-hybridized carbons (Fsp3) is 0.471. The van der Waals surface area contributed by atoms with E-state index in [-0.39, 0.29) is 18.0 Å². The van der Waals surface area contributed by atoms with Gasteiger partial charge in [-0.05, 0) is 44.9 Å². The second-order valence-corrected chi connectivity index (χ2v) is 8.62. The van der Waals surface area contributed by atoms with Crippen LogP contribution in [0.1, 0.15) is 36.3 Å². The minimum atomic E-state index is -3.37. The average molecular weight is 365 g/mol. The van der Waals surface area contributed by atoms with E-state index in [9.17, 15) is 9.67 Å². The van der Waals surface area contributed by atoms with Gasteiger partial charge in [0.1, 0.15) is 11.4 Å².